The Balaban J connectivity index is 4.43. The molecule has 19 heavy (non-hydrogen) atoms. The van der Waals surface area contributed by atoms with Gasteiger partial charge in [-0.15, -0.1) is 0 Å². The third-order valence-electron chi connectivity index (χ3n) is 2.05. The van der Waals surface area contributed by atoms with Crippen molar-refractivity contribution in [3.63, 3.8) is 0 Å². The Morgan fingerprint density at radius 2 is 1.95 bits per heavy atom. The first-order valence-corrected chi connectivity index (χ1v) is 6.91. The maximum Gasteiger partial charge on any atom is 0.322 e. The molecule has 0 bridgehead atoms. The van der Waals surface area contributed by atoms with E-state index in [0.717, 1.165) is 0 Å². The highest BCUT2D eigenvalue weighted by Gasteiger charge is 2.25. The average molecular weight is 296 g/mol. The lowest BCUT2D eigenvalue weighted by Gasteiger charge is -2.12. The molecule has 0 radical (unpaired) electrons. The minimum atomic E-state index is -3.92. The number of nitrogens with one attached hydrogen (secondary N) is 1. The van der Waals surface area contributed by atoms with Gasteiger partial charge in [-0.1, -0.05) is 0 Å². The van der Waals surface area contributed by atoms with Gasteiger partial charge in [-0.3, -0.25) is 14.4 Å². The highest BCUT2D eigenvalue weighted by Crippen LogP contribution is 2.00. The summed E-state index contributed by atoms with van der Waals surface area (Å²) in [6, 6.07) is -1.61. The molecule has 0 aliphatic rings. The Bertz CT molecular complexity index is 445. The van der Waals surface area contributed by atoms with Gasteiger partial charge in [0.15, 0.2) is 0 Å². The summed E-state index contributed by atoms with van der Waals surface area (Å²) >= 11 is 0. The molecule has 0 spiro atoms. The summed E-state index contributed by atoms with van der Waals surface area (Å²) in [7, 11) is -2.75. The van der Waals surface area contributed by atoms with Crippen LogP contribution in [0.5, 0.6) is 0 Å². The van der Waals surface area contributed by atoms with E-state index in [2.05, 4.69) is 4.74 Å². The third-order valence-corrected chi connectivity index (χ3v) is 3.52. The summed E-state index contributed by atoms with van der Waals surface area (Å²) in [6.07, 6.45) is -0.776. The van der Waals surface area contributed by atoms with Gasteiger partial charge in [0.2, 0.25) is 15.9 Å². The molecule has 0 saturated heterocycles. The number of carboxylic acid groups (broad SMARTS) is 1. The van der Waals surface area contributed by atoms with Crippen molar-refractivity contribution in [2.75, 3.05) is 12.9 Å². The number of primary amides is 1. The van der Waals surface area contributed by atoms with Crippen LogP contribution < -0.4 is 10.5 Å². The largest absolute Gasteiger partial charge is 0.480 e. The number of methoxy groups -OCH3 is 1. The summed E-state index contributed by atoms with van der Waals surface area (Å²) in [5.41, 5.74) is 4.81. The van der Waals surface area contributed by atoms with Crippen LogP contribution in [0.15, 0.2) is 0 Å². The Kier molecular flexibility index (Phi) is 7.01. The zero-order valence-electron chi connectivity index (χ0n) is 10.3. The van der Waals surface area contributed by atoms with Gasteiger partial charge in [-0.2, -0.15) is 0 Å². The van der Waals surface area contributed by atoms with Crippen molar-refractivity contribution >= 4 is 27.9 Å². The standard InChI is InChI=1S/C9H16N2O7S/c1-18-8(13)3-2-4-19(16,17)11-6(9(14)15)5-7(10)12/h6,11H,2-5H2,1H3,(H2,10,12)(H,14,15)/t6-/m1/s1. The molecule has 110 valence electrons. The molecule has 0 fully saturated rings. The van der Waals surface area contributed by atoms with Crippen LogP contribution >= 0.6 is 0 Å². The molecule has 0 heterocycles. The maximum atomic E-state index is 11.5. The van der Waals surface area contributed by atoms with Crippen molar-refractivity contribution < 1.29 is 32.6 Å². The van der Waals surface area contributed by atoms with Crippen LogP contribution in [0.3, 0.4) is 0 Å². The molecule has 0 aromatic rings. The third kappa shape index (κ3) is 8.11. The number of hydrogen-bond acceptors (Lipinski definition) is 6. The molecule has 0 unspecified atom stereocenters. The quantitative estimate of drug-likeness (QED) is 0.424. The number of nitrogens with two attached hydrogens (primary N) is 1. The molecule has 9 nitrogen and oxygen atoms in total. The monoisotopic (exact) mass is 296 g/mol. The molecule has 1 amide bonds. The van der Waals surface area contributed by atoms with Crippen molar-refractivity contribution in [3.8, 4) is 0 Å². The Labute approximate surface area is 110 Å². The minimum absolute atomic E-state index is 0.0229. The number of carboxylic acids is 1. The number of ether oxygens (including phenoxy) is 1. The van der Waals surface area contributed by atoms with Gasteiger partial charge < -0.3 is 15.6 Å². The average Bonchev–Trinajstić information content (AvgIpc) is 2.26. The molecule has 0 aliphatic heterocycles. The van der Waals surface area contributed by atoms with E-state index in [4.69, 9.17) is 10.8 Å². The molecule has 0 rings (SSSR count). The van der Waals surface area contributed by atoms with Gasteiger partial charge in [0.05, 0.1) is 19.3 Å². The normalized spacial score (nSPS) is 12.7. The van der Waals surface area contributed by atoms with E-state index in [1.54, 1.807) is 0 Å². The van der Waals surface area contributed by atoms with Crippen LogP contribution in [0.2, 0.25) is 0 Å². The summed E-state index contributed by atoms with van der Waals surface area (Å²) < 4.78 is 29.2. The Morgan fingerprint density at radius 1 is 1.37 bits per heavy atom. The lowest BCUT2D eigenvalue weighted by molar-refractivity contribution is -0.141. The zero-order chi connectivity index (χ0) is 15.1. The molecule has 0 aromatic heterocycles. The van der Waals surface area contributed by atoms with Gasteiger partial charge in [0.1, 0.15) is 6.04 Å². The number of amides is 1. The Hall–Kier alpha value is -1.68. The van der Waals surface area contributed by atoms with Gasteiger partial charge in [-0.25, -0.2) is 13.1 Å². The first-order valence-electron chi connectivity index (χ1n) is 5.26. The number of rotatable bonds is 9. The minimum Gasteiger partial charge on any atom is -0.480 e. The molecule has 0 aromatic carbocycles. The Morgan fingerprint density at radius 3 is 2.37 bits per heavy atom. The van der Waals surface area contributed by atoms with Crippen molar-refractivity contribution in [2.24, 2.45) is 5.73 Å². The molecule has 4 N–H and O–H groups in total. The van der Waals surface area contributed by atoms with Crippen LogP contribution in [0.25, 0.3) is 0 Å². The van der Waals surface area contributed by atoms with E-state index < -0.39 is 46.1 Å². The number of sulfonamides is 1. The molecular weight excluding hydrogens is 280 g/mol. The number of aliphatic carboxylic acids is 1. The molecule has 0 aliphatic carbocycles. The van der Waals surface area contributed by atoms with E-state index in [1.165, 1.54) is 7.11 Å². The molecular formula is C9H16N2O7S. The molecule has 1 atom stereocenters. The predicted octanol–water partition coefficient (Wildman–Crippen LogP) is -1.81. The number of esters is 1. The number of hydrogen-bond donors (Lipinski definition) is 3. The SMILES string of the molecule is COC(=O)CCCS(=O)(=O)N[C@H](CC(N)=O)C(=O)O. The van der Waals surface area contributed by atoms with Crippen molar-refractivity contribution in [1.29, 1.82) is 0 Å². The highest BCUT2D eigenvalue weighted by atomic mass is 32.2. The second kappa shape index (κ2) is 7.69. The fraction of sp³-hybridized carbons (Fsp3) is 0.667. The first kappa shape index (κ1) is 17.3. The highest BCUT2D eigenvalue weighted by molar-refractivity contribution is 7.89. The van der Waals surface area contributed by atoms with Crippen molar-refractivity contribution in [3.05, 3.63) is 0 Å². The van der Waals surface area contributed by atoms with Gasteiger partial charge in [0.25, 0.3) is 0 Å². The van der Waals surface area contributed by atoms with E-state index in [9.17, 15) is 22.8 Å². The second-order valence-corrected chi connectivity index (χ2v) is 5.55. The van der Waals surface area contributed by atoms with E-state index in [-0.39, 0.29) is 12.8 Å². The number of carbonyl (C=O) groups excluding carboxylic acids is 2. The smallest absolute Gasteiger partial charge is 0.322 e. The molecule has 10 heteroatoms. The summed E-state index contributed by atoms with van der Waals surface area (Å²) in [6.45, 7) is 0. The fourth-order valence-corrected chi connectivity index (χ4v) is 2.42. The van der Waals surface area contributed by atoms with E-state index in [0.29, 0.717) is 0 Å². The van der Waals surface area contributed by atoms with Gasteiger partial charge >= 0.3 is 11.9 Å². The van der Waals surface area contributed by atoms with Crippen molar-refractivity contribution in [2.45, 2.75) is 25.3 Å². The lowest BCUT2D eigenvalue weighted by atomic mass is 10.2. The lowest BCUT2D eigenvalue weighted by Crippen LogP contribution is -2.44. The van der Waals surface area contributed by atoms with Crippen LogP contribution in [-0.4, -0.2) is 50.3 Å². The van der Waals surface area contributed by atoms with Crippen LogP contribution in [0.1, 0.15) is 19.3 Å². The maximum absolute atomic E-state index is 11.5. The predicted molar refractivity (Wildman–Crippen MR) is 63.4 cm³/mol. The van der Waals surface area contributed by atoms with E-state index >= 15 is 0 Å². The zero-order valence-corrected chi connectivity index (χ0v) is 11.1. The van der Waals surface area contributed by atoms with Crippen LogP contribution in [0, 0.1) is 0 Å². The first-order chi connectivity index (χ1) is 8.68. The summed E-state index contributed by atoms with van der Waals surface area (Å²) in [5, 5.41) is 8.73. The molecule has 0 saturated carbocycles. The van der Waals surface area contributed by atoms with Crippen molar-refractivity contribution in [1.82, 2.24) is 4.72 Å². The van der Waals surface area contributed by atoms with E-state index in [1.807, 2.05) is 4.72 Å². The fourth-order valence-electron chi connectivity index (χ4n) is 1.16. The summed E-state index contributed by atoms with van der Waals surface area (Å²) in [5.74, 6) is -3.47. The summed E-state index contributed by atoms with van der Waals surface area (Å²) in [4.78, 5) is 32.1. The topological polar surface area (TPSA) is 153 Å². The van der Waals surface area contributed by atoms with Gasteiger partial charge in [0, 0.05) is 6.42 Å². The van der Waals surface area contributed by atoms with Crippen LogP contribution in [0.4, 0.5) is 0 Å². The van der Waals surface area contributed by atoms with Gasteiger partial charge in [-0.05, 0) is 6.42 Å². The van der Waals surface area contributed by atoms with Crippen LogP contribution in [-0.2, 0) is 29.1 Å². The number of carbonyl (C=O) groups is 3. The second-order valence-electron chi connectivity index (χ2n) is 3.68.